The Balaban J connectivity index is 1.43. The van der Waals surface area contributed by atoms with Crippen molar-refractivity contribution in [1.29, 1.82) is 0 Å². The molecule has 0 fully saturated rings. The molecule has 0 aliphatic heterocycles. The second kappa shape index (κ2) is 16.4. The number of nitrogens with zero attached hydrogens (tertiary/aromatic N) is 4. The summed E-state index contributed by atoms with van der Waals surface area (Å²) in [5.41, 5.74) is 2.93. The fourth-order valence-electron chi connectivity index (χ4n) is 4.31. The number of halogens is 1. The fraction of sp³-hybridized carbons (Fsp3) is 0.226. The summed E-state index contributed by atoms with van der Waals surface area (Å²) in [6.07, 6.45) is 3.30. The van der Waals surface area contributed by atoms with Crippen LogP contribution < -0.4 is 16.0 Å². The molecule has 4 aromatic rings. The van der Waals surface area contributed by atoms with Crippen LogP contribution in [-0.2, 0) is 34.4 Å². The van der Waals surface area contributed by atoms with Crippen molar-refractivity contribution < 1.29 is 37.1 Å². The summed E-state index contributed by atoms with van der Waals surface area (Å²) in [7, 11) is -0.967. The van der Waals surface area contributed by atoms with Crippen LogP contribution in [0.15, 0.2) is 79.1 Å². The molecule has 0 radical (unpaired) electrons. The van der Waals surface area contributed by atoms with Gasteiger partial charge in [0, 0.05) is 38.0 Å². The molecule has 246 valence electrons. The van der Waals surface area contributed by atoms with Crippen LogP contribution in [0.25, 0.3) is 11.8 Å². The summed E-state index contributed by atoms with van der Waals surface area (Å²) in [6, 6.07) is 17.2. The van der Waals surface area contributed by atoms with Crippen molar-refractivity contribution >= 4 is 43.0 Å². The normalized spacial score (nSPS) is 12.0. The van der Waals surface area contributed by atoms with Crippen molar-refractivity contribution in [3.05, 3.63) is 102 Å². The monoisotopic (exact) mass is 665 g/mol. The lowest BCUT2D eigenvalue weighted by atomic mass is 10.0. The standard InChI is InChI=1S/C31H33FN7O7P/c1-21-9-13-28(39-20-33-37-38-39)23(17-21)10-14-29(40)35-27(18-22-7-5-4-6-8-22)30(41)34-24-11-12-26(25(32)19-24)36-31(42)46-15-16-47(43,44-2)45-3/h4-14,17,19-20,27H,15-16,18H2,1-3H3,(H,34,41)(H,35,40)(H,36,42)/b14-10+/t27-/m0/s1. The quantitative estimate of drug-likeness (QED) is 0.128. The van der Waals surface area contributed by atoms with Crippen LogP contribution in [0.4, 0.5) is 20.6 Å². The van der Waals surface area contributed by atoms with Gasteiger partial charge in [-0.15, -0.1) is 5.10 Å². The molecule has 16 heteroatoms. The topological polar surface area (TPSA) is 176 Å². The molecule has 0 unspecified atom stereocenters. The molecule has 0 aliphatic rings. The van der Waals surface area contributed by atoms with Crippen LogP contribution in [0.1, 0.15) is 16.7 Å². The van der Waals surface area contributed by atoms with Crippen molar-refractivity contribution in [1.82, 2.24) is 25.5 Å². The van der Waals surface area contributed by atoms with E-state index in [9.17, 15) is 23.3 Å². The zero-order valence-electron chi connectivity index (χ0n) is 25.8. The Morgan fingerprint density at radius 3 is 2.47 bits per heavy atom. The van der Waals surface area contributed by atoms with Crippen LogP contribution in [-0.4, -0.2) is 71.1 Å². The van der Waals surface area contributed by atoms with Crippen LogP contribution >= 0.6 is 7.60 Å². The van der Waals surface area contributed by atoms with Crippen LogP contribution in [0.5, 0.6) is 0 Å². The van der Waals surface area contributed by atoms with Gasteiger partial charge < -0.3 is 24.4 Å². The number of amides is 3. The number of carbonyl (C=O) groups excluding carboxylic acids is 3. The number of aromatic nitrogens is 4. The zero-order valence-corrected chi connectivity index (χ0v) is 26.6. The summed E-state index contributed by atoms with van der Waals surface area (Å²) in [6.45, 7) is 1.61. The number of tetrazole rings is 1. The van der Waals surface area contributed by atoms with Gasteiger partial charge in [-0.05, 0) is 59.3 Å². The van der Waals surface area contributed by atoms with E-state index in [0.717, 1.165) is 17.2 Å². The molecule has 14 nitrogen and oxygen atoms in total. The first-order valence-electron chi connectivity index (χ1n) is 14.2. The van der Waals surface area contributed by atoms with E-state index >= 15 is 0 Å². The van der Waals surface area contributed by atoms with Crippen molar-refractivity contribution in [3.63, 3.8) is 0 Å². The number of aryl methyl sites for hydroxylation is 1. The Morgan fingerprint density at radius 2 is 1.79 bits per heavy atom. The predicted molar refractivity (Wildman–Crippen MR) is 171 cm³/mol. The second-order valence-electron chi connectivity index (χ2n) is 10.0. The van der Waals surface area contributed by atoms with Gasteiger partial charge in [0.05, 0.1) is 17.5 Å². The molecule has 0 aliphatic carbocycles. The van der Waals surface area contributed by atoms with E-state index in [-0.39, 0.29) is 30.6 Å². The molecule has 0 saturated carbocycles. The lowest BCUT2D eigenvalue weighted by Crippen LogP contribution is -2.44. The summed E-state index contributed by atoms with van der Waals surface area (Å²) in [5, 5.41) is 18.8. The molecule has 0 spiro atoms. The van der Waals surface area contributed by atoms with Gasteiger partial charge in [0.15, 0.2) is 0 Å². The lowest BCUT2D eigenvalue weighted by molar-refractivity contribution is -0.123. The largest absolute Gasteiger partial charge is 0.449 e. The highest BCUT2D eigenvalue weighted by Gasteiger charge is 2.23. The summed E-state index contributed by atoms with van der Waals surface area (Å²) < 4.78 is 42.8. The van der Waals surface area contributed by atoms with Crippen molar-refractivity contribution in [3.8, 4) is 5.69 Å². The maximum atomic E-state index is 14.9. The third-order valence-corrected chi connectivity index (χ3v) is 8.58. The molecule has 0 bridgehead atoms. The average molecular weight is 666 g/mol. The van der Waals surface area contributed by atoms with Crippen molar-refractivity contribution in [2.45, 2.75) is 19.4 Å². The van der Waals surface area contributed by atoms with Gasteiger partial charge in [-0.1, -0.05) is 42.0 Å². The van der Waals surface area contributed by atoms with Crippen molar-refractivity contribution in [2.75, 3.05) is 37.6 Å². The Kier molecular flexibility index (Phi) is 12.1. The molecule has 1 atom stereocenters. The minimum absolute atomic E-state index is 0.0845. The molecule has 3 N–H and O–H groups in total. The van der Waals surface area contributed by atoms with E-state index < -0.39 is 37.4 Å². The highest BCUT2D eigenvalue weighted by Crippen LogP contribution is 2.45. The molecular weight excluding hydrogens is 632 g/mol. The number of hydrogen-bond acceptors (Lipinski definition) is 10. The van der Waals surface area contributed by atoms with Gasteiger partial charge in [0.1, 0.15) is 24.8 Å². The van der Waals surface area contributed by atoms with Crippen LogP contribution in [0.2, 0.25) is 0 Å². The molecule has 3 amide bonds. The molecule has 4 rings (SSSR count). The zero-order chi connectivity index (χ0) is 33.8. The number of anilines is 2. The maximum absolute atomic E-state index is 14.9. The van der Waals surface area contributed by atoms with Gasteiger partial charge in [-0.3, -0.25) is 19.5 Å². The molecule has 3 aromatic carbocycles. The summed E-state index contributed by atoms with van der Waals surface area (Å²) in [4.78, 5) is 38.5. The first kappa shape index (κ1) is 34.6. The Bertz CT molecular complexity index is 1760. The molecule has 47 heavy (non-hydrogen) atoms. The van der Waals surface area contributed by atoms with Gasteiger partial charge in [-0.25, -0.2) is 9.18 Å². The third kappa shape index (κ3) is 10.1. The van der Waals surface area contributed by atoms with Crippen molar-refractivity contribution in [2.24, 2.45) is 0 Å². The van der Waals surface area contributed by atoms with Gasteiger partial charge in [0.2, 0.25) is 11.8 Å². The molecule has 0 saturated heterocycles. The maximum Gasteiger partial charge on any atom is 0.411 e. The van der Waals surface area contributed by atoms with Gasteiger partial charge in [-0.2, -0.15) is 4.68 Å². The third-order valence-electron chi connectivity index (χ3n) is 6.74. The van der Waals surface area contributed by atoms with E-state index in [2.05, 4.69) is 31.5 Å². The Labute approximate surface area is 269 Å². The van der Waals surface area contributed by atoms with Gasteiger partial charge >= 0.3 is 13.7 Å². The fourth-order valence-corrected chi connectivity index (χ4v) is 5.14. The summed E-state index contributed by atoms with van der Waals surface area (Å²) in [5.74, 6) is -2.00. The van der Waals surface area contributed by atoms with E-state index in [4.69, 9.17) is 13.8 Å². The van der Waals surface area contributed by atoms with E-state index in [1.807, 2.05) is 55.5 Å². The smallest absolute Gasteiger partial charge is 0.411 e. The molecule has 1 heterocycles. The number of ether oxygens (including phenoxy) is 1. The summed E-state index contributed by atoms with van der Waals surface area (Å²) >= 11 is 0. The molecule has 1 aromatic heterocycles. The van der Waals surface area contributed by atoms with Crippen LogP contribution in [0, 0.1) is 12.7 Å². The lowest BCUT2D eigenvalue weighted by Gasteiger charge is -2.18. The second-order valence-corrected chi connectivity index (χ2v) is 12.4. The number of rotatable bonds is 14. The van der Waals surface area contributed by atoms with Crippen LogP contribution in [0.3, 0.4) is 0 Å². The van der Waals surface area contributed by atoms with Gasteiger partial charge in [0.25, 0.3) is 0 Å². The number of benzene rings is 3. The average Bonchev–Trinajstić information content (AvgIpc) is 3.60. The Morgan fingerprint density at radius 1 is 1.02 bits per heavy atom. The highest BCUT2D eigenvalue weighted by molar-refractivity contribution is 7.53. The minimum Gasteiger partial charge on any atom is -0.449 e. The van der Waals surface area contributed by atoms with E-state index in [1.54, 1.807) is 6.08 Å². The minimum atomic E-state index is -3.38. The predicted octanol–water partition coefficient (Wildman–Crippen LogP) is 4.52. The number of hydrogen-bond donors (Lipinski definition) is 3. The highest BCUT2D eigenvalue weighted by atomic mass is 31.2. The number of carbonyl (C=O) groups is 3. The number of nitrogens with one attached hydrogen (secondary N) is 3. The van der Waals surface area contributed by atoms with E-state index in [1.165, 1.54) is 43.4 Å². The SMILES string of the molecule is COP(=O)(CCOC(=O)Nc1ccc(NC(=O)[C@H](Cc2ccccc2)NC(=O)/C=C/c2cc(C)ccc2-n2cnnn2)cc1F)OC. The first-order valence-corrected chi connectivity index (χ1v) is 15.9. The molecular formula is C31H33FN7O7P. The Hall–Kier alpha value is -5.24. The van der Waals surface area contributed by atoms with E-state index in [0.29, 0.717) is 11.3 Å². The first-order chi connectivity index (χ1) is 22.6.